The summed E-state index contributed by atoms with van der Waals surface area (Å²) in [5, 5.41) is 14.8. The average Bonchev–Trinajstić information content (AvgIpc) is 3.41. The summed E-state index contributed by atoms with van der Waals surface area (Å²) in [5.74, 6) is 1.44. The van der Waals surface area contributed by atoms with Gasteiger partial charge in [-0.2, -0.15) is 5.21 Å². The molecule has 10 heteroatoms. The Bertz CT molecular complexity index is 1250. The summed E-state index contributed by atoms with van der Waals surface area (Å²) in [6.07, 6.45) is 0. The lowest BCUT2D eigenvalue weighted by Gasteiger charge is -2.28. The van der Waals surface area contributed by atoms with Crippen LogP contribution in [0.15, 0.2) is 54.6 Å². The Morgan fingerprint density at radius 3 is 2.47 bits per heavy atom. The number of rotatable bonds is 7. The van der Waals surface area contributed by atoms with E-state index in [0.29, 0.717) is 12.4 Å². The second kappa shape index (κ2) is 12.8. The predicted octanol–water partition coefficient (Wildman–Crippen LogP) is 4.80. The highest BCUT2D eigenvalue weighted by Gasteiger charge is 2.18. The lowest BCUT2D eigenvalue weighted by atomic mass is 9.97. The van der Waals surface area contributed by atoms with Crippen molar-refractivity contribution in [2.75, 3.05) is 26.3 Å². The summed E-state index contributed by atoms with van der Waals surface area (Å²) in [6, 6.07) is 18.5. The van der Waals surface area contributed by atoms with Crippen LogP contribution in [0.1, 0.15) is 22.5 Å². The highest BCUT2D eigenvalue weighted by molar-refractivity contribution is 5.85. The molecule has 0 atom stereocenters. The van der Waals surface area contributed by atoms with Crippen LogP contribution in [-0.4, -0.2) is 56.8 Å². The number of aromatic amines is 1. The Balaban J connectivity index is 0.00000180. The van der Waals surface area contributed by atoms with E-state index < -0.39 is 0 Å². The Kier molecular flexibility index (Phi) is 9.78. The van der Waals surface area contributed by atoms with Gasteiger partial charge in [0.1, 0.15) is 12.4 Å². The van der Waals surface area contributed by atoms with E-state index in [-0.39, 0.29) is 24.8 Å². The number of halogens is 2. The zero-order valence-corrected chi connectivity index (χ0v) is 21.9. The van der Waals surface area contributed by atoms with Crippen LogP contribution in [0.5, 0.6) is 5.75 Å². The standard InChI is InChI=1S/C26H28N6O2.2ClH/c1-18-14-25(24(19(2)27-18)16-32-10-12-33-13-11-32)34-17-20-8-9-22(21-6-4-3-5-7-21)23(15-20)26-28-30-31-29-26;;/h3-9,14-15H,10-13,16-17H2,1-2H3,(H,28,29,30,31);2*1H. The topological polar surface area (TPSA) is 89.1 Å². The number of pyridine rings is 1. The van der Waals surface area contributed by atoms with Crippen molar-refractivity contribution in [3.63, 3.8) is 0 Å². The number of ether oxygens (including phenoxy) is 2. The molecule has 1 aliphatic rings. The van der Waals surface area contributed by atoms with Crippen LogP contribution in [0.3, 0.4) is 0 Å². The highest BCUT2D eigenvalue weighted by Crippen LogP contribution is 2.32. The van der Waals surface area contributed by atoms with Crippen molar-refractivity contribution in [2.24, 2.45) is 0 Å². The third-order valence-corrected chi connectivity index (χ3v) is 6.05. The molecule has 0 saturated carbocycles. The molecule has 1 saturated heterocycles. The number of aromatic nitrogens is 5. The third kappa shape index (κ3) is 6.39. The number of aryl methyl sites for hydroxylation is 2. The fourth-order valence-electron chi connectivity index (χ4n) is 4.30. The first-order valence-electron chi connectivity index (χ1n) is 11.5. The van der Waals surface area contributed by atoms with Gasteiger partial charge in [0.25, 0.3) is 0 Å². The molecular formula is C26H30Cl2N6O2. The van der Waals surface area contributed by atoms with Gasteiger partial charge in [0.15, 0.2) is 0 Å². The molecule has 190 valence electrons. The number of tetrazole rings is 1. The Hall–Kier alpha value is -3.04. The van der Waals surface area contributed by atoms with Gasteiger partial charge in [-0.15, -0.1) is 35.0 Å². The largest absolute Gasteiger partial charge is 0.488 e. The molecule has 0 unspecified atom stereocenters. The normalized spacial score (nSPS) is 13.5. The van der Waals surface area contributed by atoms with Gasteiger partial charge in [0.05, 0.1) is 13.2 Å². The highest BCUT2D eigenvalue weighted by atomic mass is 35.5. The van der Waals surface area contributed by atoms with Crippen molar-refractivity contribution >= 4 is 24.8 Å². The number of morpholine rings is 1. The van der Waals surface area contributed by atoms with Crippen molar-refractivity contribution in [1.82, 2.24) is 30.5 Å². The fraction of sp³-hybridized carbons (Fsp3) is 0.308. The predicted molar refractivity (Wildman–Crippen MR) is 144 cm³/mol. The lowest BCUT2D eigenvalue weighted by Crippen LogP contribution is -2.36. The van der Waals surface area contributed by atoms with Gasteiger partial charge in [-0.05, 0) is 41.8 Å². The maximum Gasteiger partial charge on any atom is 0.205 e. The second-order valence-electron chi connectivity index (χ2n) is 8.48. The summed E-state index contributed by atoms with van der Waals surface area (Å²) in [4.78, 5) is 7.07. The number of nitrogens with one attached hydrogen (secondary N) is 1. The van der Waals surface area contributed by atoms with Crippen LogP contribution in [0.2, 0.25) is 0 Å². The zero-order valence-electron chi connectivity index (χ0n) is 20.3. The molecule has 4 aromatic rings. The Labute approximate surface area is 223 Å². The van der Waals surface area contributed by atoms with E-state index in [0.717, 1.165) is 77.8 Å². The number of H-pyrrole nitrogens is 1. The Morgan fingerprint density at radius 2 is 1.75 bits per heavy atom. The Morgan fingerprint density at radius 1 is 0.972 bits per heavy atom. The van der Waals surface area contributed by atoms with E-state index in [1.54, 1.807) is 0 Å². The first kappa shape index (κ1) is 27.5. The molecule has 8 nitrogen and oxygen atoms in total. The van der Waals surface area contributed by atoms with Gasteiger partial charge in [-0.3, -0.25) is 9.88 Å². The number of hydrogen-bond acceptors (Lipinski definition) is 7. The molecule has 36 heavy (non-hydrogen) atoms. The number of benzene rings is 2. The van der Waals surface area contributed by atoms with E-state index in [4.69, 9.17) is 9.47 Å². The lowest BCUT2D eigenvalue weighted by molar-refractivity contribution is 0.0336. The average molecular weight is 529 g/mol. The monoisotopic (exact) mass is 528 g/mol. The van der Waals surface area contributed by atoms with E-state index in [9.17, 15) is 0 Å². The van der Waals surface area contributed by atoms with Crippen LogP contribution in [0, 0.1) is 13.8 Å². The molecule has 1 N–H and O–H groups in total. The van der Waals surface area contributed by atoms with Crippen molar-refractivity contribution in [3.8, 4) is 28.3 Å². The summed E-state index contributed by atoms with van der Waals surface area (Å²) >= 11 is 0. The van der Waals surface area contributed by atoms with E-state index in [1.165, 1.54) is 0 Å². The van der Waals surface area contributed by atoms with Gasteiger partial charge in [0, 0.05) is 48.2 Å². The SMILES string of the molecule is Cc1cc(OCc2ccc(-c3ccccc3)c(-c3nn[nH]n3)c2)c(CN2CCOCC2)c(C)n1.Cl.Cl. The molecule has 1 fully saturated rings. The van der Waals surface area contributed by atoms with E-state index in [1.807, 2.05) is 31.2 Å². The van der Waals surface area contributed by atoms with Crippen LogP contribution in [0.4, 0.5) is 0 Å². The first-order valence-corrected chi connectivity index (χ1v) is 11.5. The fourth-order valence-corrected chi connectivity index (χ4v) is 4.30. The molecule has 0 spiro atoms. The third-order valence-electron chi connectivity index (χ3n) is 6.05. The second-order valence-corrected chi connectivity index (χ2v) is 8.48. The summed E-state index contributed by atoms with van der Waals surface area (Å²) < 4.78 is 11.9. The summed E-state index contributed by atoms with van der Waals surface area (Å²) in [6.45, 7) is 8.66. The van der Waals surface area contributed by atoms with Crippen LogP contribution in [0.25, 0.3) is 22.5 Å². The minimum Gasteiger partial charge on any atom is -0.488 e. The van der Waals surface area contributed by atoms with Gasteiger partial charge in [-0.1, -0.05) is 42.5 Å². The van der Waals surface area contributed by atoms with Crippen molar-refractivity contribution in [3.05, 3.63) is 77.1 Å². The molecule has 2 aromatic carbocycles. The first-order chi connectivity index (χ1) is 16.7. The van der Waals surface area contributed by atoms with Gasteiger partial charge in [-0.25, -0.2) is 0 Å². The maximum atomic E-state index is 6.38. The van der Waals surface area contributed by atoms with Crippen molar-refractivity contribution in [1.29, 1.82) is 0 Å². The number of hydrogen-bond donors (Lipinski definition) is 1. The molecular weight excluding hydrogens is 499 g/mol. The van der Waals surface area contributed by atoms with Crippen molar-refractivity contribution in [2.45, 2.75) is 27.0 Å². The molecule has 0 aliphatic carbocycles. The van der Waals surface area contributed by atoms with Crippen LogP contribution < -0.4 is 4.74 Å². The molecule has 0 radical (unpaired) electrons. The maximum absolute atomic E-state index is 6.38. The summed E-state index contributed by atoms with van der Waals surface area (Å²) in [7, 11) is 0. The molecule has 1 aliphatic heterocycles. The molecule has 2 aromatic heterocycles. The van der Waals surface area contributed by atoms with Gasteiger partial charge in [0.2, 0.25) is 5.82 Å². The van der Waals surface area contributed by atoms with E-state index in [2.05, 4.69) is 67.8 Å². The van der Waals surface area contributed by atoms with Gasteiger partial charge >= 0.3 is 0 Å². The smallest absolute Gasteiger partial charge is 0.205 e. The van der Waals surface area contributed by atoms with Crippen LogP contribution in [-0.2, 0) is 17.9 Å². The molecule has 0 bridgehead atoms. The molecule has 3 heterocycles. The molecule has 0 amide bonds. The van der Waals surface area contributed by atoms with E-state index >= 15 is 0 Å². The van der Waals surface area contributed by atoms with Crippen LogP contribution >= 0.6 is 24.8 Å². The minimum absolute atomic E-state index is 0. The number of nitrogens with zero attached hydrogens (tertiary/aromatic N) is 5. The van der Waals surface area contributed by atoms with Gasteiger partial charge < -0.3 is 9.47 Å². The zero-order chi connectivity index (χ0) is 23.3. The quantitative estimate of drug-likeness (QED) is 0.368. The summed E-state index contributed by atoms with van der Waals surface area (Å²) in [5.41, 5.74) is 7.18. The van der Waals surface area contributed by atoms with Crippen molar-refractivity contribution < 1.29 is 9.47 Å². The molecule has 5 rings (SSSR count). The minimum atomic E-state index is 0.